The maximum atomic E-state index is 12.7. The zero-order chi connectivity index (χ0) is 11.8. The van der Waals surface area contributed by atoms with Crippen LogP contribution in [-0.2, 0) is 6.18 Å². The number of hydrogen-bond donors (Lipinski definition) is 1. The van der Waals surface area contributed by atoms with E-state index in [1.807, 2.05) is 0 Å². The first kappa shape index (κ1) is 8.52. The topological polar surface area (TPSA) is 28.7 Å². The second-order valence-corrected chi connectivity index (χ2v) is 2.95. The van der Waals surface area contributed by atoms with Gasteiger partial charge in [0.15, 0.2) is 0 Å². The first-order valence-corrected chi connectivity index (χ1v) is 4.16. The summed E-state index contributed by atoms with van der Waals surface area (Å²) >= 11 is 0. The van der Waals surface area contributed by atoms with Crippen molar-refractivity contribution in [3.05, 3.63) is 42.3 Å². The number of rotatable bonds is 1. The summed E-state index contributed by atoms with van der Waals surface area (Å²) in [5.41, 5.74) is -0.544. The van der Waals surface area contributed by atoms with E-state index in [4.69, 9.17) is 1.37 Å². The van der Waals surface area contributed by atoms with Crippen LogP contribution in [0.4, 0.5) is 13.2 Å². The van der Waals surface area contributed by atoms with Gasteiger partial charge >= 0.3 is 6.18 Å². The van der Waals surface area contributed by atoms with Crippen molar-refractivity contribution >= 4 is 0 Å². The molecule has 0 saturated heterocycles. The van der Waals surface area contributed by atoms with Gasteiger partial charge in [-0.25, -0.2) is 4.98 Å². The summed E-state index contributed by atoms with van der Waals surface area (Å²) in [4.78, 5) is 6.02. The number of alkyl halides is 3. The summed E-state index contributed by atoms with van der Waals surface area (Å²) in [6.07, 6.45) is -3.36. The van der Waals surface area contributed by atoms with Crippen LogP contribution in [0.1, 0.15) is 6.93 Å². The molecule has 0 aliphatic carbocycles. The average molecular weight is 213 g/mol. The molecule has 0 amide bonds. The fourth-order valence-corrected chi connectivity index (χ4v) is 1.32. The minimum Gasteiger partial charge on any atom is -0.345 e. The molecule has 5 heteroatoms. The van der Waals surface area contributed by atoms with Gasteiger partial charge in [-0.15, -0.1) is 0 Å². The lowest BCUT2D eigenvalue weighted by atomic mass is 10.1. The van der Waals surface area contributed by atoms with Gasteiger partial charge in [-0.05, 0) is 6.07 Å². The molecular formula is C10H7F3N2. The van der Waals surface area contributed by atoms with E-state index in [-0.39, 0.29) is 17.6 Å². The minimum atomic E-state index is -4.41. The van der Waals surface area contributed by atoms with Crippen molar-refractivity contribution in [3.8, 4) is 11.3 Å². The van der Waals surface area contributed by atoms with E-state index in [9.17, 15) is 13.2 Å². The molecule has 1 N–H and O–H groups in total. The van der Waals surface area contributed by atoms with Crippen LogP contribution >= 0.6 is 0 Å². The Kier molecular flexibility index (Phi) is 1.94. The molecule has 0 atom stereocenters. The third kappa shape index (κ3) is 1.86. The van der Waals surface area contributed by atoms with Crippen LogP contribution in [0, 0.1) is 0 Å². The van der Waals surface area contributed by atoms with E-state index < -0.39 is 11.7 Å². The van der Waals surface area contributed by atoms with E-state index in [2.05, 4.69) is 9.97 Å². The number of nitrogens with one attached hydrogen (secondary N) is 1. The van der Waals surface area contributed by atoms with Crippen molar-refractivity contribution in [1.82, 2.24) is 9.97 Å². The number of benzene rings is 1. The van der Waals surface area contributed by atoms with E-state index >= 15 is 0 Å². The molecule has 2 aromatic rings. The van der Waals surface area contributed by atoms with Crippen molar-refractivity contribution in [3.63, 3.8) is 0 Å². The summed E-state index contributed by atoms with van der Waals surface area (Å²) in [6, 6.07) is 5.18. The number of aromatic amines is 1. The van der Waals surface area contributed by atoms with Gasteiger partial charge in [0.2, 0.25) is 0 Å². The Morgan fingerprint density at radius 2 is 2.00 bits per heavy atom. The van der Waals surface area contributed by atoms with Gasteiger partial charge < -0.3 is 4.98 Å². The largest absolute Gasteiger partial charge is 0.417 e. The highest BCUT2D eigenvalue weighted by atomic mass is 19.4. The Morgan fingerprint density at radius 1 is 1.27 bits per heavy atom. The van der Waals surface area contributed by atoms with E-state index in [0.717, 1.165) is 6.07 Å². The maximum absolute atomic E-state index is 12.7. The molecule has 0 spiro atoms. The first-order chi connectivity index (χ1) is 7.48. The molecule has 78 valence electrons. The highest BCUT2D eigenvalue weighted by Gasteiger charge is 2.33. The molecule has 0 bridgehead atoms. The summed E-state index contributed by atoms with van der Waals surface area (Å²) < 4.78 is 45.1. The molecule has 15 heavy (non-hydrogen) atoms. The number of H-pyrrole nitrogens is 1. The molecule has 2 rings (SSSR count). The van der Waals surface area contributed by atoms with Crippen LogP contribution in [-0.4, -0.2) is 9.97 Å². The number of nitrogens with zero attached hydrogens (tertiary/aromatic N) is 1. The molecule has 0 radical (unpaired) electrons. The van der Waals surface area contributed by atoms with Crippen molar-refractivity contribution in [2.75, 3.05) is 0 Å². The SMILES string of the molecule is [2H]c1ncc(-c2ccccc2C(F)(F)F)[nH]1. The maximum Gasteiger partial charge on any atom is 0.417 e. The highest BCUT2D eigenvalue weighted by Crippen LogP contribution is 2.35. The van der Waals surface area contributed by atoms with Crippen LogP contribution in [0.25, 0.3) is 11.3 Å². The summed E-state index contributed by atoms with van der Waals surface area (Å²) in [7, 11) is 0. The van der Waals surface area contributed by atoms with Crippen molar-refractivity contribution in [2.45, 2.75) is 6.18 Å². The number of imidazole rings is 1. The molecule has 0 aliphatic rings. The zero-order valence-corrected chi connectivity index (χ0v) is 7.47. The van der Waals surface area contributed by atoms with Crippen LogP contribution in [0.15, 0.2) is 36.8 Å². The van der Waals surface area contributed by atoms with Gasteiger partial charge in [-0.2, -0.15) is 13.2 Å². The van der Waals surface area contributed by atoms with E-state index in [1.165, 1.54) is 24.4 Å². The third-order valence-electron chi connectivity index (χ3n) is 1.97. The van der Waals surface area contributed by atoms with Crippen molar-refractivity contribution < 1.29 is 14.5 Å². The number of halogens is 3. The fourth-order valence-electron chi connectivity index (χ4n) is 1.32. The van der Waals surface area contributed by atoms with Gasteiger partial charge in [-0.1, -0.05) is 18.2 Å². The monoisotopic (exact) mass is 213 g/mol. The quantitative estimate of drug-likeness (QED) is 0.774. The van der Waals surface area contributed by atoms with E-state index in [0.29, 0.717) is 0 Å². The lowest BCUT2D eigenvalue weighted by molar-refractivity contribution is -0.137. The lowest BCUT2D eigenvalue weighted by Gasteiger charge is -2.10. The van der Waals surface area contributed by atoms with Gasteiger partial charge in [0, 0.05) is 5.56 Å². The van der Waals surface area contributed by atoms with Crippen LogP contribution in [0.3, 0.4) is 0 Å². The molecule has 1 aromatic carbocycles. The normalized spacial score (nSPS) is 12.6. The summed E-state index contributed by atoms with van der Waals surface area (Å²) in [5.74, 6) is 0. The molecule has 0 aliphatic heterocycles. The standard InChI is InChI=1S/C10H7F3N2/c11-10(12,13)8-4-2-1-3-7(8)9-5-14-6-15-9/h1-6H,(H,14,15)/i6D. The molecule has 1 heterocycles. The smallest absolute Gasteiger partial charge is 0.345 e. The Labute approximate surface area is 85.2 Å². The van der Waals surface area contributed by atoms with Crippen LogP contribution in [0.2, 0.25) is 0 Å². The first-order valence-electron chi connectivity index (χ1n) is 4.66. The fraction of sp³-hybridized carbons (Fsp3) is 0.100. The van der Waals surface area contributed by atoms with Gasteiger partial charge in [0.25, 0.3) is 0 Å². The van der Waals surface area contributed by atoms with Gasteiger partial charge in [-0.3, -0.25) is 0 Å². The predicted octanol–water partition coefficient (Wildman–Crippen LogP) is 3.10. The number of hydrogen-bond acceptors (Lipinski definition) is 1. The lowest BCUT2D eigenvalue weighted by Crippen LogP contribution is -2.06. The average Bonchev–Trinajstić information content (AvgIpc) is 2.64. The zero-order valence-electron chi connectivity index (χ0n) is 8.47. The van der Waals surface area contributed by atoms with E-state index in [1.54, 1.807) is 0 Å². The van der Waals surface area contributed by atoms with Crippen LogP contribution in [0.5, 0.6) is 0 Å². The van der Waals surface area contributed by atoms with Gasteiger partial charge in [0.05, 0.1) is 23.8 Å². The molecule has 2 nitrogen and oxygen atoms in total. The Bertz CT molecular complexity index is 505. The van der Waals surface area contributed by atoms with Crippen molar-refractivity contribution in [2.24, 2.45) is 0 Å². The second-order valence-electron chi connectivity index (χ2n) is 2.95. The Hall–Kier alpha value is -1.78. The molecule has 0 saturated carbocycles. The van der Waals surface area contributed by atoms with Crippen LogP contribution < -0.4 is 0 Å². The third-order valence-corrected chi connectivity index (χ3v) is 1.97. The predicted molar refractivity (Wildman–Crippen MR) is 49.0 cm³/mol. The molecule has 1 aromatic heterocycles. The molecule has 0 unspecified atom stereocenters. The number of aromatic nitrogens is 2. The Morgan fingerprint density at radius 3 is 2.60 bits per heavy atom. The van der Waals surface area contributed by atoms with Gasteiger partial charge in [0.1, 0.15) is 1.37 Å². The summed E-state index contributed by atoms with van der Waals surface area (Å²) in [5, 5.41) is 0. The highest BCUT2D eigenvalue weighted by molar-refractivity contribution is 5.63. The Balaban J connectivity index is 2.57. The van der Waals surface area contributed by atoms with Crippen molar-refractivity contribution in [1.29, 1.82) is 0 Å². The molecule has 0 fully saturated rings. The second kappa shape index (κ2) is 3.42. The minimum absolute atomic E-state index is 0.000926. The summed E-state index contributed by atoms with van der Waals surface area (Å²) in [6.45, 7) is 0. The molecular weight excluding hydrogens is 205 g/mol.